The zero-order valence-corrected chi connectivity index (χ0v) is 19.3. The number of allylic oxidation sites excluding steroid dienone is 1. The van der Waals surface area contributed by atoms with Crippen LogP contribution in [0.25, 0.3) is 21.9 Å². The molecule has 3 heteroatoms. The third-order valence-electron chi connectivity index (χ3n) is 4.38. The summed E-state index contributed by atoms with van der Waals surface area (Å²) in [6.45, 7) is 14.7. The van der Waals surface area contributed by atoms with Gasteiger partial charge in [0.25, 0.3) is 0 Å². The van der Waals surface area contributed by atoms with Crippen molar-refractivity contribution in [3.8, 4) is 0 Å². The van der Waals surface area contributed by atoms with Gasteiger partial charge in [0.2, 0.25) is 0 Å². The number of imidazole rings is 1. The number of para-hydroxylation sites is 3. The molecule has 0 spiro atoms. The van der Waals surface area contributed by atoms with Crippen molar-refractivity contribution in [2.45, 2.75) is 60.4 Å². The summed E-state index contributed by atoms with van der Waals surface area (Å²) in [5.74, 6) is 0. The molecule has 4 aromatic rings. The molecule has 0 unspecified atom stereocenters. The molecule has 0 aliphatic rings. The van der Waals surface area contributed by atoms with Gasteiger partial charge in [0.1, 0.15) is 0 Å². The van der Waals surface area contributed by atoms with Gasteiger partial charge in [-0.2, -0.15) is 0 Å². The SMILES string of the molecule is C=CC.CC.CCCCn1cnc2ccccc21.CCc1cccc2cccnc12. The number of hydrogen-bond donors (Lipinski definition) is 0. The summed E-state index contributed by atoms with van der Waals surface area (Å²) in [6.07, 6.45) is 9.03. The highest BCUT2D eigenvalue weighted by Crippen LogP contribution is 2.15. The fourth-order valence-corrected chi connectivity index (χ4v) is 2.97. The quantitative estimate of drug-likeness (QED) is 0.325. The van der Waals surface area contributed by atoms with E-state index in [0.717, 1.165) is 24.0 Å². The third kappa shape index (κ3) is 7.47. The minimum atomic E-state index is 1.05. The molecule has 0 bridgehead atoms. The standard InChI is InChI=1S/C11H14N2.C11H11N.C3H6.C2H6/c1-2-3-8-13-9-12-10-6-4-5-7-11(10)13;1-2-9-5-3-6-10-7-4-8-12-11(9)10;1-3-2;1-2/h4-7,9H,2-3,8H2,1H3;3-8H,2H2,1H3;3H,1H2,2H3;1-2H3. The Morgan fingerprint density at radius 3 is 2.33 bits per heavy atom. The number of benzene rings is 2. The molecule has 0 aliphatic heterocycles. The number of aryl methyl sites for hydroxylation is 2. The molecule has 0 atom stereocenters. The number of rotatable bonds is 4. The van der Waals surface area contributed by atoms with Crippen LogP contribution >= 0.6 is 0 Å². The van der Waals surface area contributed by atoms with Crippen molar-refractivity contribution in [3.05, 3.63) is 85.3 Å². The zero-order valence-electron chi connectivity index (χ0n) is 19.3. The summed E-state index contributed by atoms with van der Waals surface area (Å²) in [7, 11) is 0. The minimum absolute atomic E-state index is 1.05. The van der Waals surface area contributed by atoms with Crippen molar-refractivity contribution in [2.75, 3.05) is 0 Å². The van der Waals surface area contributed by atoms with E-state index >= 15 is 0 Å². The van der Waals surface area contributed by atoms with Crippen LogP contribution < -0.4 is 0 Å². The first-order valence-electron chi connectivity index (χ1n) is 11.0. The van der Waals surface area contributed by atoms with Crippen LogP contribution in [0.4, 0.5) is 0 Å². The van der Waals surface area contributed by atoms with Gasteiger partial charge in [-0.25, -0.2) is 4.98 Å². The normalized spacial score (nSPS) is 9.50. The lowest BCUT2D eigenvalue weighted by molar-refractivity contribution is 0.646. The first-order chi connectivity index (χ1) is 14.7. The first-order valence-corrected chi connectivity index (χ1v) is 11.0. The Labute approximate surface area is 182 Å². The van der Waals surface area contributed by atoms with Crippen molar-refractivity contribution in [3.63, 3.8) is 0 Å². The summed E-state index contributed by atoms with van der Waals surface area (Å²) in [6, 6.07) is 18.7. The topological polar surface area (TPSA) is 30.7 Å². The summed E-state index contributed by atoms with van der Waals surface area (Å²) in [5, 5.41) is 1.23. The molecule has 0 saturated carbocycles. The summed E-state index contributed by atoms with van der Waals surface area (Å²) >= 11 is 0. The molecule has 0 fully saturated rings. The fourth-order valence-electron chi connectivity index (χ4n) is 2.97. The maximum absolute atomic E-state index is 4.35. The number of aromatic nitrogens is 3. The van der Waals surface area contributed by atoms with Crippen molar-refractivity contribution >= 4 is 21.9 Å². The van der Waals surface area contributed by atoms with E-state index in [9.17, 15) is 0 Å². The average molecular weight is 404 g/mol. The molecule has 0 N–H and O–H groups in total. The van der Waals surface area contributed by atoms with E-state index in [-0.39, 0.29) is 0 Å². The van der Waals surface area contributed by atoms with Crippen LogP contribution in [0, 0.1) is 0 Å². The number of fused-ring (bicyclic) bond motifs is 2. The summed E-state index contributed by atoms with van der Waals surface area (Å²) < 4.78 is 2.22. The molecular weight excluding hydrogens is 366 g/mol. The fraction of sp³-hybridized carbons (Fsp3) is 0.333. The van der Waals surface area contributed by atoms with Crippen LogP contribution in [0.15, 0.2) is 79.8 Å². The molecule has 0 radical (unpaired) electrons. The Morgan fingerprint density at radius 2 is 1.63 bits per heavy atom. The second-order valence-corrected chi connectivity index (χ2v) is 6.53. The van der Waals surface area contributed by atoms with E-state index in [0.29, 0.717) is 0 Å². The predicted molar refractivity (Wildman–Crippen MR) is 133 cm³/mol. The molecule has 0 aliphatic carbocycles. The highest BCUT2D eigenvalue weighted by atomic mass is 15.0. The van der Waals surface area contributed by atoms with E-state index in [1.165, 1.54) is 29.3 Å². The highest BCUT2D eigenvalue weighted by molar-refractivity contribution is 5.81. The lowest BCUT2D eigenvalue weighted by Gasteiger charge is -2.01. The maximum atomic E-state index is 4.35. The van der Waals surface area contributed by atoms with Crippen molar-refractivity contribution < 1.29 is 0 Å². The van der Waals surface area contributed by atoms with Gasteiger partial charge in [0.15, 0.2) is 0 Å². The van der Waals surface area contributed by atoms with Crippen molar-refractivity contribution in [1.29, 1.82) is 0 Å². The lowest BCUT2D eigenvalue weighted by Crippen LogP contribution is -1.94. The second-order valence-electron chi connectivity index (χ2n) is 6.53. The number of unbranched alkanes of at least 4 members (excludes halogenated alkanes) is 1. The molecule has 30 heavy (non-hydrogen) atoms. The molecule has 4 rings (SSSR count). The van der Waals surface area contributed by atoms with Gasteiger partial charge in [-0.15, -0.1) is 6.58 Å². The minimum Gasteiger partial charge on any atom is -0.331 e. The van der Waals surface area contributed by atoms with Gasteiger partial charge >= 0.3 is 0 Å². The number of pyridine rings is 1. The average Bonchev–Trinajstić information content (AvgIpc) is 3.22. The van der Waals surface area contributed by atoms with Crippen molar-refractivity contribution in [1.82, 2.24) is 14.5 Å². The Morgan fingerprint density at radius 1 is 0.933 bits per heavy atom. The highest BCUT2D eigenvalue weighted by Gasteiger charge is 1.99. The van der Waals surface area contributed by atoms with Crippen LogP contribution in [-0.4, -0.2) is 14.5 Å². The molecule has 0 saturated heterocycles. The molecular formula is C27H37N3. The van der Waals surface area contributed by atoms with Gasteiger partial charge in [-0.05, 0) is 43.5 Å². The molecule has 160 valence electrons. The van der Waals surface area contributed by atoms with Gasteiger partial charge < -0.3 is 4.57 Å². The number of nitrogens with zero attached hydrogens (tertiary/aromatic N) is 3. The smallest absolute Gasteiger partial charge is 0.0958 e. The second kappa shape index (κ2) is 15.0. The summed E-state index contributed by atoms with van der Waals surface area (Å²) in [4.78, 5) is 8.69. The van der Waals surface area contributed by atoms with Gasteiger partial charge in [0.05, 0.1) is 22.9 Å². The Balaban J connectivity index is 0.000000248. The largest absolute Gasteiger partial charge is 0.331 e. The van der Waals surface area contributed by atoms with Gasteiger partial charge in [-0.1, -0.05) is 76.6 Å². The summed E-state index contributed by atoms with van der Waals surface area (Å²) in [5.41, 5.74) is 4.81. The van der Waals surface area contributed by atoms with Crippen LogP contribution in [0.2, 0.25) is 0 Å². The molecule has 2 heterocycles. The Bertz CT molecular complexity index is 980. The Kier molecular flexibility index (Phi) is 12.5. The maximum Gasteiger partial charge on any atom is 0.0958 e. The predicted octanol–water partition coefficient (Wildman–Crippen LogP) is 7.85. The Hall–Kier alpha value is -2.94. The lowest BCUT2D eigenvalue weighted by atomic mass is 10.1. The van der Waals surface area contributed by atoms with Crippen LogP contribution in [0.3, 0.4) is 0 Å². The van der Waals surface area contributed by atoms with E-state index < -0.39 is 0 Å². The molecule has 2 aromatic carbocycles. The van der Waals surface area contributed by atoms with E-state index in [4.69, 9.17) is 0 Å². The van der Waals surface area contributed by atoms with E-state index in [1.54, 1.807) is 6.08 Å². The third-order valence-corrected chi connectivity index (χ3v) is 4.38. The zero-order chi connectivity index (χ0) is 22.2. The van der Waals surface area contributed by atoms with Gasteiger partial charge in [0, 0.05) is 18.1 Å². The van der Waals surface area contributed by atoms with E-state index in [1.807, 2.05) is 45.4 Å². The van der Waals surface area contributed by atoms with Crippen LogP contribution in [0.5, 0.6) is 0 Å². The van der Waals surface area contributed by atoms with Crippen molar-refractivity contribution in [2.24, 2.45) is 0 Å². The molecule has 0 amide bonds. The first kappa shape index (κ1) is 25.1. The van der Waals surface area contributed by atoms with Gasteiger partial charge in [-0.3, -0.25) is 4.98 Å². The molecule has 2 aromatic heterocycles. The van der Waals surface area contributed by atoms with E-state index in [2.05, 4.69) is 77.4 Å². The van der Waals surface area contributed by atoms with Crippen LogP contribution in [0.1, 0.15) is 53.0 Å². The molecule has 3 nitrogen and oxygen atoms in total. The van der Waals surface area contributed by atoms with Crippen LogP contribution in [-0.2, 0) is 13.0 Å². The number of hydrogen-bond acceptors (Lipinski definition) is 2. The monoisotopic (exact) mass is 403 g/mol.